The molecule has 3 aromatic rings. The molecular formula is C25H31N3O4. The largest absolute Gasteiger partial charge is 0.490 e. The van der Waals surface area contributed by atoms with Crippen molar-refractivity contribution in [1.29, 1.82) is 0 Å². The van der Waals surface area contributed by atoms with Gasteiger partial charge in [0.25, 0.3) is 0 Å². The Balaban J connectivity index is 1.35. The molecule has 32 heavy (non-hydrogen) atoms. The number of likely N-dealkylation sites (tertiary alicyclic amines) is 1. The van der Waals surface area contributed by atoms with E-state index in [9.17, 15) is 4.79 Å². The van der Waals surface area contributed by atoms with Gasteiger partial charge in [0.2, 0.25) is 0 Å². The number of carbonyl (C=O) groups excluding carboxylic acids is 1. The van der Waals surface area contributed by atoms with Gasteiger partial charge < -0.3 is 14.0 Å². The number of para-hydroxylation sites is 2. The zero-order valence-electron chi connectivity index (χ0n) is 19.3. The lowest BCUT2D eigenvalue weighted by Crippen LogP contribution is -2.40. The standard InChI is InChI=1S/C25H31N3O4/c1-5-30-23-8-6-7-9-24(23)31-20-10-12-27(13-11-20)16-22(29)21-14-17(2)28(19(21)4)25-15-18(3)32-26-25/h6-9,14-15,20H,5,10-13,16H2,1-4H3. The normalized spacial score (nSPS) is 15.1. The van der Waals surface area contributed by atoms with Crippen LogP contribution in [-0.2, 0) is 0 Å². The van der Waals surface area contributed by atoms with Gasteiger partial charge in [0.05, 0.1) is 13.2 Å². The van der Waals surface area contributed by atoms with Gasteiger partial charge in [-0.05, 0) is 58.7 Å². The second-order valence-electron chi connectivity index (χ2n) is 8.31. The molecule has 1 aliphatic heterocycles. The van der Waals surface area contributed by atoms with E-state index in [0.29, 0.717) is 19.0 Å². The Kier molecular flexibility index (Phi) is 6.65. The lowest BCUT2D eigenvalue weighted by atomic mass is 10.1. The van der Waals surface area contributed by atoms with Crippen LogP contribution >= 0.6 is 0 Å². The summed E-state index contributed by atoms with van der Waals surface area (Å²) in [5.74, 6) is 3.16. The number of aromatic nitrogens is 2. The topological polar surface area (TPSA) is 69.7 Å². The van der Waals surface area contributed by atoms with Gasteiger partial charge in [-0.15, -0.1) is 0 Å². The van der Waals surface area contributed by atoms with Crippen LogP contribution in [0.25, 0.3) is 5.82 Å². The number of piperidine rings is 1. The third kappa shape index (κ3) is 4.72. The van der Waals surface area contributed by atoms with Crippen molar-refractivity contribution in [3.63, 3.8) is 0 Å². The smallest absolute Gasteiger partial charge is 0.180 e. The maximum atomic E-state index is 13.1. The third-order valence-electron chi connectivity index (χ3n) is 5.92. The highest BCUT2D eigenvalue weighted by molar-refractivity contribution is 5.99. The van der Waals surface area contributed by atoms with Crippen LogP contribution in [0, 0.1) is 20.8 Å². The highest BCUT2D eigenvalue weighted by Gasteiger charge is 2.25. The Morgan fingerprint density at radius 3 is 2.50 bits per heavy atom. The van der Waals surface area contributed by atoms with E-state index in [1.165, 1.54) is 0 Å². The summed E-state index contributed by atoms with van der Waals surface area (Å²) < 4.78 is 19.1. The molecule has 1 saturated heterocycles. The van der Waals surface area contributed by atoms with Crippen molar-refractivity contribution in [2.75, 3.05) is 26.2 Å². The number of benzene rings is 1. The summed E-state index contributed by atoms with van der Waals surface area (Å²) in [6.07, 6.45) is 1.89. The summed E-state index contributed by atoms with van der Waals surface area (Å²) in [4.78, 5) is 15.3. The molecule has 7 heteroatoms. The molecule has 7 nitrogen and oxygen atoms in total. The molecule has 0 radical (unpaired) electrons. The lowest BCUT2D eigenvalue weighted by molar-refractivity contribution is 0.0780. The molecular weight excluding hydrogens is 406 g/mol. The van der Waals surface area contributed by atoms with Crippen LogP contribution in [0.5, 0.6) is 11.5 Å². The van der Waals surface area contributed by atoms with Crippen LogP contribution in [0.2, 0.25) is 0 Å². The van der Waals surface area contributed by atoms with Crippen LogP contribution in [0.4, 0.5) is 0 Å². The van der Waals surface area contributed by atoms with Crippen LogP contribution in [0.3, 0.4) is 0 Å². The molecule has 0 spiro atoms. The van der Waals surface area contributed by atoms with Crippen molar-refractivity contribution < 1.29 is 18.8 Å². The lowest BCUT2D eigenvalue weighted by Gasteiger charge is -2.32. The summed E-state index contributed by atoms with van der Waals surface area (Å²) in [6.45, 7) is 10.4. The van der Waals surface area contributed by atoms with E-state index in [2.05, 4.69) is 10.1 Å². The van der Waals surface area contributed by atoms with Crippen LogP contribution in [0.15, 0.2) is 40.9 Å². The highest BCUT2D eigenvalue weighted by Crippen LogP contribution is 2.29. The van der Waals surface area contributed by atoms with Gasteiger partial charge in [0.15, 0.2) is 23.1 Å². The number of Topliss-reactive ketones (excluding diaryl/α,β-unsaturated/α-hetero) is 1. The molecule has 0 aliphatic carbocycles. The minimum absolute atomic E-state index is 0.128. The van der Waals surface area contributed by atoms with Gasteiger partial charge in [-0.25, -0.2) is 0 Å². The molecule has 1 fully saturated rings. The van der Waals surface area contributed by atoms with E-state index < -0.39 is 0 Å². The van der Waals surface area contributed by atoms with Crippen molar-refractivity contribution >= 4 is 5.78 Å². The highest BCUT2D eigenvalue weighted by atomic mass is 16.5. The van der Waals surface area contributed by atoms with Crippen molar-refractivity contribution in [2.24, 2.45) is 0 Å². The Morgan fingerprint density at radius 1 is 1.12 bits per heavy atom. The summed E-state index contributed by atoms with van der Waals surface area (Å²) in [5.41, 5.74) is 2.61. The Hall–Kier alpha value is -3.06. The number of aryl methyl sites for hydroxylation is 2. The second kappa shape index (κ2) is 9.61. The van der Waals surface area contributed by atoms with Gasteiger partial charge >= 0.3 is 0 Å². The molecule has 0 bridgehead atoms. The summed E-state index contributed by atoms with van der Waals surface area (Å²) in [7, 11) is 0. The van der Waals surface area contributed by atoms with Crippen molar-refractivity contribution in [2.45, 2.75) is 46.6 Å². The minimum Gasteiger partial charge on any atom is -0.490 e. The number of nitrogens with zero attached hydrogens (tertiary/aromatic N) is 3. The first kappa shape index (κ1) is 22.1. The molecule has 1 aromatic carbocycles. The van der Waals surface area contributed by atoms with Gasteiger partial charge in [-0.2, -0.15) is 0 Å². The molecule has 1 aliphatic rings. The van der Waals surface area contributed by atoms with Crippen molar-refractivity contribution in [1.82, 2.24) is 14.6 Å². The monoisotopic (exact) mass is 437 g/mol. The number of ketones is 1. The molecule has 0 atom stereocenters. The van der Waals surface area contributed by atoms with E-state index in [0.717, 1.165) is 60.1 Å². The average molecular weight is 438 g/mol. The van der Waals surface area contributed by atoms with E-state index in [1.54, 1.807) is 0 Å². The maximum Gasteiger partial charge on any atom is 0.180 e. The van der Waals surface area contributed by atoms with Crippen LogP contribution < -0.4 is 9.47 Å². The van der Waals surface area contributed by atoms with Gasteiger partial charge in [-0.3, -0.25) is 14.3 Å². The quantitative estimate of drug-likeness (QED) is 0.483. The first-order valence-corrected chi connectivity index (χ1v) is 11.2. The Labute approximate surface area is 188 Å². The van der Waals surface area contributed by atoms with Crippen molar-refractivity contribution in [3.05, 3.63) is 59.1 Å². The molecule has 0 amide bonds. The van der Waals surface area contributed by atoms with Gasteiger partial charge in [-0.1, -0.05) is 17.3 Å². The Bertz CT molecular complexity index is 1080. The molecule has 170 valence electrons. The van der Waals surface area contributed by atoms with E-state index in [-0.39, 0.29) is 11.9 Å². The average Bonchev–Trinajstić information content (AvgIpc) is 3.33. The Morgan fingerprint density at radius 2 is 1.84 bits per heavy atom. The number of rotatable bonds is 8. The zero-order chi connectivity index (χ0) is 22.7. The number of ether oxygens (including phenoxy) is 2. The van der Waals surface area contributed by atoms with Crippen molar-refractivity contribution in [3.8, 4) is 17.3 Å². The summed E-state index contributed by atoms with van der Waals surface area (Å²) >= 11 is 0. The molecule has 0 N–H and O–H groups in total. The van der Waals surface area contributed by atoms with E-state index in [4.69, 9.17) is 14.0 Å². The van der Waals surface area contributed by atoms with Gasteiger partial charge in [0, 0.05) is 36.1 Å². The van der Waals surface area contributed by atoms with E-state index >= 15 is 0 Å². The molecule has 3 heterocycles. The van der Waals surface area contributed by atoms with Gasteiger partial charge in [0.1, 0.15) is 11.9 Å². The predicted octanol–water partition coefficient (Wildman–Crippen LogP) is 4.52. The van der Waals surface area contributed by atoms with Crippen LogP contribution in [-0.4, -0.2) is 52.8 Å². The SMILES string of the molecule is CCOc1ccccc1OC1CCN(CC(=O)c2cc(C)n(-c3cc(C)on3)c2C)CC1. The van der Waals surface area contributed by atoms with E-state index in [1.807, 2.05) is 68.7 Å². The summed E-state index contributed by atoms with van der Waals surface area (Å²) in [5, 5.41) is 4.10. The fourth-order valence-corrected chi connectivity index (χ4v) is 4.33. The number of hydrogen-bond donors (Lipinski definition) is 0. The fourth-order valence-electron chi connectivity index (χ4n) is 4.33. The molecule has 2 aromatic heterocycles. The summed E-state index contributed by atoms with van der Waals surface area (Å²) in [6, 6.07) is 11.6. The first-order chi connectivity index (χ1) is 15.5. The minimum atomic E-state index is 0.128. The predicted molar refractivity (Wildman–Crippen MR) is 122 cm³/mol. The number of carbonyl (C=O) groups is 1. The second-order valence-corrected chi connectivity index (χ2v) is 8.31. The molecule has 4 rings (SSSR count). The first-order valence-electron chi connectivity index (χ1n) is 11.2. The molecule has 0 saturated carbocycles. The molecule has 0 unspecified atom stereocenters. The van der Waals surface area contributed by atoms with Crippen LogP contribution in [0.1, 0.15) is 47.3 Å². The fraction of sp³-hybridized carbons (Fsp3) is 0.440. The maximum absolute atomic E-state index is 13.1. The number of hydrogen-bond acceptors (Lipinski definition) is 6. The zero-order valence-corrected chi connectivity index (χ0v) is 19.3. The third-order valence-corrected chi connectivity index (χ3v) is 5.92.